The van der Waals surface area contributed by atoms with Crippen LogP contribution in [0.2, 0.25) is 0 Å². The summed E-state index contributed by atoms with van der Waals surface area (Å²) in [6.07, 6.45) is 0. The molecule has 0 fully saturated rings. The molecule has 78 valence electrons. The van der Waals surface area contributed by atoms with E-state index in [-0.39, 0.29) is 11.5 Å². The minimum atomic E-state index is 0.108. The number of hydrogen-bond acceptors (Lipinski definition) is 1. The van der Waals surface area contributed by atoms with Gasteiger partial charge in [-0.25, -0.2) is 0 Å². The first kappa shape index (κ1) is 12.0. The lowest BCUT2D eigenvalue weighted by Gasteiger charge is -2.27. The molecule has 0 amide bonds. The highest BCUT2D eigenvalue weighted by atomic mass is 127. The van der Waals surface area contributed by atoms with E-state index in [0.29, 0.717) is 0 Å². The Morgan fingerprint density at radius 3 is 2.29 bits per heavy atom. The van der Waals surface area contributed by atoms with Gasteiger partial charge in [0.15, 0.2) is 0 Å². The van der Waals surface area contributed by atoms with Crippen LogP contribution in [0.4, 0.5) is 0 Å². The largest absolute Gasteiger partial charge is 0.324 e. The maximum atomic E-state index is 6.19. The van der Waals surface area contributed by atoms with Crippen molar-refractivity contribution in [2.45, 2.75) is 33.7 Å². The second kappa shape index (κ2) is 4.19. The molecule has 0 spiro atoms. The lowest BCUT2D eigenvalue weighted by Crippen LogP contribution is -2.26. The van der Waals surface area contributed by atoms with Crippen LogP contribution >= 0.6 is 22.6 Å². The summed E-state index contributed by atoms with van der Waals surface area (Å²) in [5, 5.41) is 0. The molecule has 2 N–H and O–H groups in total. The highest BCUT2D eigenvalue weighted by Crippen LogP contribution is 2.31. The first-order chi connectivity index (χ1) is 6.32. The predicted octanol–water partition coefficient (Wildman–Crippen LogP) is 3.65. The van der Waals surface area contributed by atoms with Crippen LogP contribution < -0.4 is 5.73 Å². The molecule has 0 aliphatic heterocycles. The van der Waals surface area contributed by atoms with E-state index >= 15 is 0 Å². The Balaban J connectivity index is 3.03. The van der Waals surface area contributed by atoms with E-state index in [1.165, 1.54) is 14.7 Å². The number of halogens is 1. The SMILES string of the molecule is Cc1ccc(C(N)C(C)(C)C)cc1I. The molecular formula is C12H18IN. The molecule has 0 aliphatic rings. The minimum Gasteiger partial charge on any atom is -0.324 e. The lowest BCUT2D eigenvalue weighted by molar-refractivity contribution is 0.327. The fourth-order valence-corrected chi connectivity index (χ4v) is 1.84. The van der Waals surface area contributed by atoms with E-state index in [9.17, 15) is 0 Å². The standard InChI is InChI=1S/C12H18IN/c1-8-5-6-9(7-10(8)13)11(14)12(2,3)4/h5-7,11H,14H2,1-4H3. The highest BCUT2D eigenvalue weighted by molar-refractivity contribution is 14.1. The summed E-state index contributed by atoms with van der Waals surface area (Å²) in [6.45, 7) is 8.63. The van der Waals surface area contributed by atoms with Crippen LogP contribution in [0, 0.1) is 15.9 Å². The summed E-state index contributed by atoms with van der Waals surface area (Å²) >= 11 is 2.36. The molecule has 14 heavy (non-hydrogen) atoms. The van der Waals surface area contributed by atoms with Gasteiger partial charge in [0.1, 0.15) is 0 Å². The maximum absolute atomic E-state index is 6.19. The van der Waals surface area contributed by atoms with Crippen molar-refractivity contribution in [3.63, 3.8) is 0 Å². The van der Waals surface area contributed by atoms with Crippen molar-refractivity contribution in [3.05, 3.63) is 32.9 Å². The van der Waals surface area contributed by atoms with Gasteiger partial charge in [-0.05, 0) is 52.1 Å². The van der Waals surface area contributed by atoms with E-state index in [1.54, 1.807) is 0 Å². The smallest absolute Gasteiger partial charge is 0.0344 e. The predicted molar refractivity (Wildman–Crippen MR) is 70.3 cm³/mol. The molecule has 0 aliphatic carbocycles. The number of rotatable bonds is 1. The second-order valence-electron chi connectivity index (χ2n) is 4.85. The molecule has 0 radical (unpaired) electrons. The zero-order valence-corrected chi connectivity index (χ0v) is 11.4. The van der Waals surface area contributed by atoms with Crippen molar-refractivity contribution in [3.8, 4) is 0 Å². The van der Waals surface area contributed by atoms with E-state index in [1.807, 2.05) is 0 Å². The van der Waals surface area contributed by atoms with Crippen LogP contribution in [-0.2, 0) is 0 Å². The molecule has 2 heteroatoms. The molecule has 0 bridgehead atoms. The van der Waals surface area contributed by atoms with Gasteiger partial charge in [-0.15, -0.1) is 0 Å². The second-order valence-corrected chi connectivity index (χ2v) is 6.01. The summed E-state index contributed by atoms with van der Waals surface area (Å²) in [5.74, 6) is 0. The molecule has 1 nitrogen and oxygen atoms in total. The highest BCUT2D eigenvalue weighted by Gasteiger charge is 2.22. The van der Waals surface area contributed by atoms with Crippen LogP contribution in [0.5, 0.6) is 0 Å². The van der Waals surface area contributed by atoms with Crippen LogP contribution in [0.25, 0.3) is 0 Å². The van der Waals surface area contributed by atoms with Crippen molar-refractivity contribution in [2.24, 2.45) is 11.1 Å². The van der Waals surface area contributed by atoms with E-state index < -0.39 is 0 Å². The van der Waals surface area contributed by atoms with E-state index in [2.05, 4.69) is 68.5 Å². The van der Waals surface area contributed by atoms with E-state index in [4.69, 9.17) is 5.73 Å². The summed E-state index contributed by atoms with van der Waals surface area (Å²) in [4.78, 5) is 0. The van der Waals surface area contributed by atoms with Crippen molar-refractivity contribution in [1.29, 1.82) is 0 Å². The Morgan fingerprint density at radius 1 is 1.29 bits per heavy atom. The molecule has 0 aromatic heterocycles. The molecule has 1 aromatic rings. The van der Waals surface area contributed by atoms with Gasteiger partial charge in [0, 0.05) is 9.61 Å². The quantitative estimate of drug-likeness (QED) is 0.788. The molecule has 1 rings (SSSR count). The van der Waals surface area contributed by atoms with Gasteiger partial charge in [-0.1, -0.05) is 32.9 Å². The van der Waals surface area contributed by atoms with Crippen LogP contribution in [-0.4, -0.2) is 0 Å². The fourth-order valence-electron chi connectivity index (χ4n) is 1.30. The normalized spacial score (nSPS) is 14.1. The first-order valence-corrected chi connectivity index (χ1v) is 5.92. The van der Waals surface area contributed by atoms with Crippen molar-refractivity contribution in [2.75, 3.05) is 0 Å². The van der Waals surface area contributed by atoms with Gasteiger partial charge < -0.3 is 5.73 Å². The van der Waals surface area contributed by atoms with Gasteiger partial charge in [-0.3, -0.25) is 0 Å². The van der Waals surface area contributed by atoms with Crippen LogP contribution in [0.1, 0.15) is 37.9 Å². The van der Waals surface area contributed by atoms with Crippen LogP contribution in [0.3, 0.4) is 0 Å². The van der Waals surface area contributed by atoms with Crippen molar-refractivity contribution >= 4 is 22.6 Å². The number of nitrogens with two attached hydrogens (primary N) is 1. The number of aryl methyl sites for hydroxylation is 1. The van der Waals surface area contributed by atoms with Crippen molar-refractivity contribution in [1.82, 2.24) is 0 Å². The third-order valence-electron chi connectivity index (χ3n) is 2.49. The summed E-state index contributed by atoms with van der Waals surface area (Å²) in [5.41, 5.74) is 8.86. The Morgan fingerprint density at radius 2 is 1.86 bits per heavy atom. The third kappa shape index (κ3) is 2.70. The fraction of sp³-hybridized carbons (Fsp3) is 0.500. The summed E-state index contributed by atoms with van der Waals surface area (Å²) in [7, 11) is 0. The average Bonchev–Trinajstić information content (AvgIpc) is 2.07. The molecule has 1 aromatic carbocycles. The molecule has 1 unspecified atom stereocenters. The Labute approximate surface area is 100 Å². The molecule has 0 saturated heterocycles. The lowest BCUT2D eigenvalue weighted by atomic mass is 9.83. The maximum Gasteiger partial charge on any atom is 0.0344 e. The third-order valence-corrected chi connectivity index (χ3v) is 3.65. The molecule has 0 heterocycles. The van der Waals surface area contributed by atoms with Gasteiger partial charge >= 0.3 is 0 Å². The van der Waals surface area contributed by atoms with Gasteiger partial charge in [0.05, 0.1) is 0 Å². The van der Waals surface area contributed by atoms with E-state index in [0.717, 1.165) is 0 Å². The Kier molecular flexibility index (Phi) is 3.58. The molecule has 1 atom stereocenters. The van der Waals surface area contributed by atoms with Gasteiger partial charge in [0.2, 0.25) is 0 Å². The Bertz CT molecular complexity index is 326. The van der Waals surface area contributed by atoms with Gasteiger partial charge in [-0.2, -0.15) is 0 Å². The summed E-state index contributed by atoms with van der Waals surface area (Å²) < 4.78 is 1.29. The molecule has 0 saturated carbocycles. The number of benzene rings is 1. The first-order valence-electron chi connectivity index (χ1n) is 4.84. The Hall–Kier alpha value is -0.0900. The zero-order chi connectivity index (χ0) is 10.9. The monoisotopic (exact) mass is 303 g/mol. The van der Waals surface area contributed by atoms with Crippen LogP contribution in [0.15, 0.2) is 18.2 Å². The number of hydrogen-bond donors (Lipinski definition) is 1. The van der Waals surface area contributed by atoms with Gasteiger partial charge in [0.25, 0.3) is 0 Å². The topological polar surface area (TPSA) is 26.0 Å². The minimum absolute atomic E-state index is 0.108. The summed E-state index contributed by atoms with van der Waals surface area (Å²) in [6, 6.07) is 6.57. The zero-order valence-electron chi connectivity index (χ0n) is 9.26. The van der Waals surface area contributed by atoms with Crippen molar-refractivity contribution < 1.29 is 0 Å². The molecular weight excluding hydrogens is 285 g/mol. The average molecular weight is 303 g/mol.